The molecule has 0 spiro atoms. The number of rotatable bonds is 5. The van der Waals surface area contributed by atoms with Crippen LogP contribution in [-0.2, 0) is 20.7 Å². The van der Waals surface area contributed by atoms with Crippen molar-refractivity contribution in [1.29, 1.82) is 0 Å². The van der Waals surface area contributed by atoms with Crippen LogP contribution in [0.4, 0.5) is 0 Å². The first-order valence-corrected chi connectivity index (χ1v) is 10.2. The fourth-order valence-electron chi connectivity index (χ4n) is 4.38. The monoisotopic (exact) mass is 393 g/mol. The SMILES string of the molecule is C=C(C(=O)Cc1ccccc1)C1=NC2C(N=CN2C2CC(C)CC(C)O2)C(=O)C1. The van der Waals surface area contributed by atoms with Gasteiger partial charge in [0.1, 0.15) is 6.23 Å². The number of Topliss-reactive ketones (excluding diaryl/α,β-unsaturated/α-hetero) is 2. The van der Waals surface area contributed by atoms with E-state index in [1.54, 1.807) is 6.34 Å². The molecule has 1 aromatic carbocycles. The van der Waals surface area contributed by atoms with E-state index in [-0.39, 0.29) is 36.7 Å². The zero-order chi connectivity index (χ0) is 20.5. The number of nitrogens with zero attached hydrogens (tertiary/aromatic N) is 3. The molecule has 5 atom stereocenters. The van der Waals surface area contributed by atoms with E-state index < -0.39 is 12.2 Å². The number of ether oxygens (including phenoxy) is 1. The fraction of sp³-hybridized carbons (Fsp3) is 0.478. The second-order valence-corrected chi connectivity index (χ2v) is 8.33. The molecule has 0 bridgehead atoms. The molecule has 152 valence electrons. The van der Waals surface area contributed by atoms with Gasteiger partial charge >= 0.3 is 0 Å². The third kappa shape index (κ3) is 4.08. The Hall–Kier alpha value is -2.60. The van der Waals surface area contributed by atoms with Gasteiger partial charge in [-0.05, 0) is 31.2 Å². The topological polar surface area (TPSA) is 71.3 Å². The van der Waals surface area contributed by atoms with Crippen molar-refractivity contribution in [1.82, 2.24) is 4.90 Å². The Morgan fingerprint density at radius 2 is 2.00 bits per heavy atom. The largest absolute Gasteiger partial charge is 0.355 e. The quantitative estimate of drug-likeness (QED) is 0.721. The lowest BCUT2D eigenvalue weighted by atomic mass is 9.92. The van der Waals surface area contributed by atoms with Crippen LogP contribution in [0.25, 0.3) is 0 Å². The molecular formula is C23H27N3O3. The molecule has 1 aromatic rings. The molecule has 6 nitrogen and oxygen atoms in total. The molecule has 6 heteroatoms. The lowest BCUT2D eigenvalue weighted by molar-refractivity contribution is -0.128. The average Bonchev–Trinajstić information content (AvgIpc) is 3.12. The molecule has 0 aliphatic carbocycles. The molecular weight excluding hydrogens is 366 g/mol. The molecule has 29 heavy (non-hydrogen) atoms. The summed E-state index contributed by atoms with van der Waals surface area (Å²) in [5.74, 6) is 0.397. The molecule has 0 N–H and O–H groups in total. The summed E-state index contributed by atoms with van der Waals surface area (Å²) in [5, 5.41) is 0. The predicted octanol–water partition coefficient (Wildman–Crippen LogP) is 2.97. The van der Waals surface area contributed by atoms with Crippen LogP contribution in [0.2, 0.25) is 0 Å². The zero-order valence-electron chi connectivity index (χ0n) is 17.0. The van der Waals surface area contributed by atoms with Crippen molar-refractivity contribution >= 4 is 23.6 Å². The van der Waals surface area contributed by atoms with Crippen LogP contribution in [0.1, 0.15) is 38.7 Å². The Labute approximate surface area is 171 Å². The van der Waals surface area contributed by atoms with Crippen LogP contribution < -0.4 is 0 Å². The van der Waals surface area contributed by atoms with Gasteiger partial charge in [-0.1, -0.05) is 43.8 Å². The van der Waals surface area contributed by atoms with Crippen molar-refractivity contribution in [2.75, 3.05) is 0 Å². The lowest BCUT2D eigenvalue weighted by Crippen LogP contribution is -2.51. The number of hydrogen-bond acceptors (Lipinski definition) is 6. The van der Waals surface area contributed by atoms with E-state index in [0.29, 0.717) is 17.2 Å². The highest BCUT2D eigenvalue weighted by Crippen LogP contribution is 2.32. The molecule has 0 radical (unpaired) electrons. The number of carbonyl (C=O) groups excluding carboxylic acids is 2. The Balaban J connectivity index is 1.52. The molecule has 3 aliphatic rings. The van der Waals surface area contributed by atoms with Gasteiger partial charge in [0.15, 0.2) is 23.8 Å². The third-order valence-electron chi connectivity index (χ3n) is 5.86. The van der Waals surface area contributed by atoms with Crippen LogP contribution in [0.15, 0.2) is 52.5 Å². The van der Waals surface area contributed by atoms with E-state index in [2.05, 4.69) is 25.4 Å². The van der Waals surface area contributed by atoms with Crippen molar-refractivity contribution in [2.24, 2.45) is 15.9 Å². The second-order valence-electron chi connectivity index (χ2n) is 8.33. The van der Waals surface area contributed by atoms with Gasteiger partial charge in [0, 0.05) is 12.0 Å². The van der Waals surface area contributed by atoms with Crippen LogP contribution in [0.5, 0.6) is 0 Å². The minimum absolute atomic E-state index is 0.0238. The maximum absolute atomic E-state index is 12.7. The first-order valence-electron chi connectivity index (χ1n) is 10.2. The number of carbonyl (C=O) groups is 2. The van der Waals surface area contributed by atoms with Crippen molar-refractivity contribution in [3.8, 4) is 0 Å². The molecule has 0 saturated carbocycles. The summed E-state index contributed by atoms with van der Waals surface area (Å²) in [6.07, 6.45) is 3.49. The van der Waals surface area contributed by atoms with Crippen LogP contribution in [0.3, 0.4) is 0 Å². The Kier molecular flexibility index (Phi) is 5.46. The minimum atomic E-state index is -0.521. The van der Waals surface area contributed by atoms with Crippen LogP contribution in [0, 0.1) is 5.92 Å². The first kappa shape index (κ1) is 19.7. The van der Waals surface area contributed by atoms with Gasteiger partial charge in [-0.3, -0.25) is 19.6 Å². The van der Waals surface area contributed by atoms with Gasteiger partial charge in [0.2, 0.25) is 0 Å². The molecule has 0 aromatic heterocycles. The average molecular weight is 393 g/mol. The Bertz CT molecular complexity index is 867. The molecule has 1 fully saturated rings. The fourth-order valence-corrected chi connectivity index (χ4v) is 4.38. The van der Waals surface area contributed by atoms with Crippen LogP contribution >= 0.6 is 0 Å². The highest BCUT2D eigenvalue weighted by Gasteiger charge is 2.44. The van der Waals surface area contributed by atoms with Crippen molar-refractivity contribution in [2.45, 2.75) is 64.1 Å². The second kappa shape index (κ2) is 8.03. The van der Waals surface area contributed by atoms with Gasteiger partial charge in [0.05, 0.1) is 24.6 Å². The van der Waals surface area contributed by atoms with Crippen LogP contribution in [-0.4, -0.2) is 53.1 Å². The maximum atomic E-state index is 12.7. The summed E-state index contributed by atoms with van der Waals surface area (Å²) in [5.41, 5.74) is 1.71. The highest BCUT2D eigenvalue weighted by atomic mass is 16.5. The molecule has 3 heterocycles. The van der Waals surface area contributed by atoms with E-state index >= 15 is 0 Å². The number of benzene rings is 1. The summed E-state index contributed by atoms with van der Waals surface area (Å²) in [6.45, 7) is 8.24. The van der Waals surface area contributed by atoms with Gasteiger partial charge in [-0.15, -0.1) is 0 Å². The van der Waals surface area contributed by atoms with Crippen molar-refractivity contribution in [3.05, 3.63) is 48.0 Å². The molecule has 5 unspecified atom stereocenters. The zero-order valence-corrected chi connectivity index (χ0v) is 17.0. The van der Waals surface area contributed by atoms with Crippen molar-refractivity contribution in [3.63, 3.8) is 0 Å². The van der Waals surface area contributed by atoms with E-state index in [4.69, 9.17) is 9.73 Å². The predicted molar refractivity (Wildman–Crippen MR) is 112 cm³/mol. The number of aliphatic imine (C=N–C) groups is 2. The number of ketones is 2. The number of fused-ring (bicyclic) bond motifs is 1. The summed E-state index contributed by atoms with van der Waals surface area (Å²) >= 11 is 0. The lowest BCUT2D eigenvalue weighted by Gasteiger charge is -2.40. The highest BCUT2D eigenvalue weighted by molar-refractivity contribution is 6.27. The van der Waals surface area contributed by atoms with Gasteiger partial charge in [-0.25, -0.2) is 0 Å². The normalized spacial score (nSPS) is 31.4. The van der Waals surface area contributed by atoms with Gasteiger partial charge in [0.25, 0.3) is 0 Å². The van der Waals surface area contributed by atoms with E-state index in [9.17, 15) is 9.59 Å². The third-order valence-corrected chi connectivity index (χ3v) is 5.86. The van der Waals surface area contributed by atoms with E-state index in [1.165, 1.54) is 0 Å². The molecule has 4 rings (SSSR count). The van der Waals surface area contributed by atoms with Gasteiger partial charge in [-0.2, -0.15) is 0 Å². The summed E-state index contributed by atoms with van der Waals surface area (Å²) < 4.78 is 6.11. The molecule has 0 amide bonds. The minimum Gasteiger partial charge on any atom is -0.355 e. The smallest absolute Gasteiger partial charge is 0.168 e. The molecule has 3 aliphatic heterocycles. The standard InChI is InChI=1S/C23H27N3O3/c1-14-9-15(2)29-21(10-14)26-13-24-22-20(28)12-18(25-23(22)26)16(3)19(27)11-17-7-5-4-6-8-17/h4-8,13-15,21-23H,3,9-12H2,1-2H3. The summed E-state index contributed by atoms with van der Waals surface area (Å²) in [6, 6.07) is 9.01. The summed E-state index contributed by atoms with van der Waals surface area (Å²) in [4.78, 5) is 36.5. The number of allylic oxidation sites excluding steroid dienone is 1. The van der Waals surface area contributed by atoms with Crippen molar-refractivity contribution < 1.29 is 14.3 Å². The molecule has 1 saturated heterocycles. The maximum Gasteiger partial charge on any atom is 0.168 e. The number of hydrogen-bond donors (Lipinski definition) is 0. The van der Waals surface area contributed by atoms with E-state index in [1.807, 2.05) is 35.2 Å². The van der Waals surface area contributed by atoms with Gasteiger partial charge < -0.3 is 9.64 Å². The Morgan fingerprint density at radius 1 is 1.24 bits per heavy atom. The Morgan fingerprint density at radius 3 is 2.72 bits per heavy atom. The van der Waals surface area contributed by atoms with E-state index in [0.717, 1.165) is 18.4 Å². The first-order chi connectivity index (χ1) is 13.9. The summed E-state index contributed by atoms with van der Waals surface area (Å²) in [7, 11) is 0.